The van der Waals surface area contributed by atoms with Crippen molar-refractivity contribution in [1.82, 2.24) is 10.6 Å². The molecule has 8 nitrogen and oxygen atoms in total. The van der Waals surface area contributed by atoms with Gasteiger partial charge in [-0.25, -0.2) is 9.59 Å². The van der Waals surface area contributed by atoms with Crippen molar-refractivity contribution in [2.75, 3.05) is 0 Å². The molecule has 0 aromatic carbocycles. The van der Waals surface area contributed by atoms with Gasteiger partial charge in [-0.2, -0.15) is 0 Å². The fraction of sp³-hybridized carbons (Fsp3) is 0.455. The molecule has 0 fully saturated rings. The highest BCUT2D eigenvalue weighted by atomic mass is 16.4. The van der Waals surface area contributed by atoms with E-state index in [9.17, 15) is 19.2 Å². The van der Waals surface area contributed by atoms with Gasteiger partial charge < -0.3 is 16.2 Å². The molecule has 5 N–H and O–H groups in total. The number of nitrogens with two attached hydrogens (primary N) is 1. The monoisotopic (exact) mass is 271 g/mol. The maximum atomic E-state index is 11.5. The van der Waals surface area contributed by atoms with E-state index in [4.69, 9.17) is 10.8 Å². The number of nitrogens with one attached hydrogen (secondary N) is 2. The van der Waals surface area contributed by atoms with Crippen molar-refractivity contribution >= 4 is 23.8 Å². The first kappa shape index (κ1) is 16.6. The highest BCUT2D eigenvalue weighted by molar-refractivity contribution is 6.08. The average molecular weight is 271 g/mol. The molecule has 0 rings (SSSR count). The molecular formula is C11H17N3O5. The Morgan fingerprint density at radius 2 is 1.53 bits per heavy atom. The summed E-state index contributed by atoms with van der Waals surface area (Å²) < 4.78 is 0. The van der Waals surface area contributed by atoms with Crippen LogP contribution in [0.3, 0.4) is 0 Å². The fourth-order valence-electron chi connectivity index (χ4n) is 0.904. The fourth-order valence-corrected chi connectivity index (χ4v) is 0.904. The Hall–Kier alpha value is -2.38. The predicted molar refractivity (Wildman–Crippen MR) is 66.0 cm³/mol. The third-order valence-corrected chi connectivity index (χ3v) is 2.49. The summed E-state index contributed by atoms with van der Waals surface area (Å²) in [7, 11) is 0. The van der Waals surface area contributed by atoms with Crippen molar-refractivity contribution in [3.8, 4) is 0 Å². The zero-order chi connectivity index (χ0) is 15.4. The quantitative estimate of drug-likeness (QED) is 0.510. The molecule has 106 valence electrons. The van der Waals surface area contributed by atoms with Crippen molar-refractivity contribution < 1.29 is 24.3 Å². The molecule has 0 radical (unpaired) electrons. The van der Waals surface area contributed by atoms with E-state index in [1.807, 2.05) is 5.32 Å². The number of carboxylic acids is 1. The van der Waals surface area contributed by atoms with Crippen LogP contribution in [0.5, 0.6) is 0 Å². The number of amides is 4. The first-order valence-corrected chi connectivity index (χ1v) is 5.33. The molecule has 0 aromatic rings. The SMILES string of the molecule is CC(C(=O)O)=C(C)C(=O)NC(=O)NC(C)(C)C(N)=O. The van der Waals surface area contributed by atoms with Crippen LogP contribution < -0.4 is 16.4 Å². The second-order valence-electron chi connectivity index (χ2n) is 4.45. The molecule has 8 heteroatoms. The number of carbonyl (C=O) groups excluding carboxylic acids is 3. The Kier molecular flexibility index (Phi) is 5.23. The lowest BCUT2D eigenvalue weighted by atomic mass is 10.1. The van der Waals surface area contributed by atoms with Crippen molar-refractivity contribution in [3.05, 3.63) is 11.1 Å². The molecule has 0 saturated carbocycles. The first-order chi connectivity index (χ1) is 8.49. The van der Waals surface area contributed by atoms with Gasteiger partial charge in [0.15, 0.2) is 0 Å². The zero-order valence-corrected chi connectivity index (χ0v) is 11.2. The van der Waals surface area contributed by atoms with Crippen LogP contribution in [-0.2, 0) is 14.4 Å². The highest BCUT2D eigenvalue weighted by Gasteiger charge is 2.27. The Bertz CT molecular complexity index is 465. The van der Waals surface area contributed by atoms with Gasteiger partial charge in [-0.05, 0) is 27.7 Å². The van der Waals surface area contributed by atoms with Gasteiger partial charge in [0, 0.05) is 11.1 Å². The van der Waals surface area contributed by atoms with Gasteiger partial charge in [-0.3, -0.25) is 14.9 Å². The van der Waals surface area contributed by atoms with E-state index in [0.29, 0.717) is 0 Å². The van der Waals surface area contributed by atoms with E-state index < -0.39 is 29.4 Å². The first-order valence-electron chi connectivity index (χ1n) is 5.33. The molecule has 0 unspecified atom stereocenters. The Morgan fingerprint density at radius 1 is 1.05 bits per heavy atom. The predicted octanol–water partition coefficient (Wildman–Crippen LogP) is -0.503. The summed E-state index contributed by atoms with van der Waals surface area (Å²) in [5.41, 5.74) is 3.42. The number of hydrogen-bond donors (Lipinski definition) is 4. The molecular weight excluding hydrogens is 254 g/mol. The largest absolute Gasteiger partial charge is 0.478 e. The van der Waals surface area contributed by atoms with Gasteiger partial charge in [-0.15, -0.1) is 0 Å². The van der Waals surface area contributed by atoms with Crippen molar-refractivity contribution in [2.24, 2.45) is 5.73 Å². The number of aliphatic carboxylic acids is 1. The molecule has 0 bridgehead atoms. The third kappa shape index (κ3) is 4.78. The highest BCUT2D eigenvalue weighted by Crippen LogP contribution is 2.04. The summed E-state index contributed by atoms with van der Waals surface area (Å²) >= 11 is 0. The van der Waals surface area contributed by atoms with E-state index in [-0.39, 0.29) is 11.1 Å². The van der Waals surface area contributed by atoms with E-state index in [1.54, 1.807) is 0 Å². The summed E-state index contributed by atoms with van der Waals surface area (Å²) in [6.07, 6.45) is 0. The average Bonchev–Trinajstić information content (AvgIpc) is 2.25. The number of carboxylic acid groups (broad SMARTS) is 1. The summed E-state index contributed by atoms with van der Waals surface area (Å²) in [5, 5.41) is 12.8. The summed E-state index contributed by atoms with van der Waals surface area (Å²) in [5.74, 6) is -2.90. The zero-order valence-electron chi connectivity index (χ0n) is 11.2. The van der Waals surface area contributed by atoms with Crippen LogP contribution in [-0.4, -0.2) is 34.5 Å². The van der Waals surface area contributed by atoms with E-state index in [1.165, 1.54) is 27.7 Å². The molecule has 0 aliphatic rings. The minimum absolute atomic E-state index is 0.112. The van der Waals surface area contributed by atoms with E-state index >= 15 is 0 Å². The molecule has 0 saturated heterocycles. The summed E-state index contributed by atoms with van der Waals surface area (Å²) in [6.45, 7) is 5.24. The topological polar surface area (TPSA) is 139 Å². The molecule has 0 aliphatic heterocycles. The standard InChI is InChI=1S/C11H17N3O5/c1-5(6(2)8(16)17)7(15)13-10(19)14-11(3,4)9(12)18/h1-4H3,(H2,12,18)(H,16,17)(H2,13,14,15,19). The molecule has 0 aromatic heterocycles. The molecule has 0 heterocycles. The van der Waals surface area contributed by atoms with Crippen LogP contribution in [0.2, 0.25) is 0 Å². The van der Waals surface area contributed by atoms with E-state index in [0.717, 1.165) is 0 Å². The molecule has 0 atom stereocenters. The lowest BCUT2D eigenvalue weighted by Crippen LogP contribution is -2.56. The minimum atomic E-state index is -1.33. The Labute approximate surface area is 110 Å². The number of imide groups is 1. The van der Waals surface area contributed by atoms with Gasteiger partial charge in [0.1, 0.15) is 5.54 Å². The lowest BCUT2D eigenvalue weighted by molar-refractivity contribution is -0.133. The minimum Gasteiger partial charge on any atom is -0.478 e. The number of urea groups is 1. The maximum absolute atomic E-state index is 11.5. The second-order valence-corrected chi connectivity index (χ2v) is 4.45. The number of rotatable bonds is 4. The Morgan fingerprint density at radius 3 is 1.89 bits per heavy atom. The third-order valence-electron chi connectivity index (χ3n) is 2.49. The second kappa shape index (κ2) is 5.98. The molecule has 0 spiro atoms. The van der Waals surface area contributed by atoms with Crippen molar-refractivity contribution in [3.63, 3.8) is 0 Å². The van der Waals surface area contributed by atoms with Crippen LogP contribution in [0.1, 0.15) is 27.7 Å². The van der Waals surface area contributed by atoms with Gasteiger partial charge >= 0.3 is 12.0 Å². The summed E-state index contributed by atoms with van der Waals surface area (Å²) in [4.78, 5) is 44.6. The Balaban J connectivity index is 4.78. The van der Waals surface area contributed by atoms with Crippen molar-refractivity contribution in [2.45, 2.75) is 33.2 Å². The lowest BCUT2D eigenvalue weighted by Gasteiger charge is -2.22. The van der Waals surface area contributed by atoms with Gasteiger partial charge in [0.25, 0.3) is 5.91 Å². The van der Waals surface area contributed by atoms with Crippen molar-refractivity contribution in [1.29, 1.82) is 0 Å². The smallest absolute Gasteiger partial charge is 0.331 e. The van der Waals surface area contributed by atoms with Crippen LogP contribution in [0, 0.1) is 0 Å². The molecule has 4 amide bonds. The van der Waals surface area contributed by atoms with Gasteiger partial charge in [0.05, 0.1) is 0 Å². The van der Waals surface area contributed by atoms with Crippen LogP contribution in [0.25, 0.3) is 0 Å². The number of hydrogen-bond acceptors (Lipinski definition) is 4. The summed E-state index contributed by atoms with van der Waals surface area (Å²) in [6, 6.07) is -0.939. The van der Waals surface area contributed by atoms with E-state index in [2.05, 4.69) is 5.32 Å². The number of carbonyl (C=O) groups is 4. The van der Waals surface area contributed by atoms with Crippen LogP contribution in [0.15, 0.2) is 11.1 Å². The molecule has 19 heavy (non-hydrogen) atoms. The maximum Gasteiger partial charge on any atom is 0.331 e. The van der Waals surface area contributed by atoms with Gasteiger partial charge in [-0.1, -0.05) is 0 Å². The van der Waals surface area contributed by atoms with Crippen LogP contribution in [0.4, 0.5) is 4.79 Å². The normalized spacial score (nSPS) is 12.2. The van der Waals surface area contributed by atoms with Crippen LogP contribution >= 0.6 is 0 Å². The number of primary amides is 1. The van der Waals surface area contributed by atoms with Gasteiger partial charge in [0.2, 0.25) is 5.91 Å². The molecule has 0 aliphatic carbocycles.